The molecule has 0 spiro atoms. The molecule has 2 aromatic heterocycles. The molecule has 1 aromatic carbocycles. The Morgan fingerprint density at radius 2 is 2.16 bits per heavy atom. The van der Waals surface area contributed by atoms with Crippen molar-refractivity contribution >= 4 is 15.9 Å². The Morgan fingerprint density at radius 3 is 2.78 bits per heavy atom. The van der Waals surface area contributed by atoms with Gasteiger partial charge in [0.15, 0.2) is 0 Å². The summed E-state index contributed by atoms with van der Waals surface area (Å²) < 4.78 is 14.2. The van der Waals surface area contributed by atoms with Crippen LogP contribution in [0.2, 0.25) is 0 Å². The fourth-order valence-electron chi connectivity index (χ4n) is 4.17. The smallest absolute Gasteiger partial charge is 0.244 e. The van der Waals surface area contributed by atoms with Gasteiger partial charge in [0.2, 0.25) is 11.8 Å². The Labute approximate surface area is 195 Å². The number of rotatable bonds is 6. The molecule has 1 atom stereocenters. The molecular formula is C23H25BrN6O2. The number of nitriles is 1. The van der Waals surface area contributed by atoms with Gasteiger partial charge in [0.25, 0.3) is 0 Å². The van der Waals surface area contributed by atoms with E-state index in [0.717, 1.165) is 56.8 Å². The van der Waals surface area contributed by atoms with Gasteiger partial charge in [-0.05, 0) is 53.9 Å². The van der Waals surface area contributed by atoms with Crippen LogP contribution >= 0.6 is 15.9 Å². The molecule has 0 fully saturated rings. The highest BCUT2D eigenvalue weighted by atomic mass is 79.9. The zero-order chi connectivity index (χ0) is 23.0. The Kier molecular flexibility index (Phi) is 5.98. The average Bonchev–Trinajstić information content (AvgIpc) is 3.28. The summed E-state index contributed by atoms with van der Waals surface area (Å²) in [6, 6.07) is 8.19. The van der Waals surface area contributed by atoms with Crippen molar-refractivity contribution in [3.8, 4) is 17.7 Å². The molecule has 0 bridgehead atoms. The van der Waals surface area contributed by atoms with E-state index in [2.05, 4.69) is 50.3 Å². The van der Waals surface area contributed by atoms with Crippen LogP contribution < -0.4 is 15.2 Å². The van der Waals surface area contributed by atoms with E-state index in [4.69, 9.17) is 15.2 Å². The molecule has 0 amide bonds. The first-order chi connectivity index (χ1) is 15.4. The second-order valence-electron chi connectivity index (χ2n) is 7.81. The van der Waals surface area contributed by atoms with Crippen molar-refractivity contribution in [2.75, 3.05) is 7.11 Å². The maximum absolute atomic E-state index is 9.91. The lowest BCUT2D eigenvalue weighted by Gasteiger charge is -2.25. The van der Waals surface area contributed by atoms with Gasteiger partial charge in [0.1, 0.15) is 17.4 Å². The minimum Gasteiger partial charge on any atom is -0.496 e. The first kappa shape index (κ1) is 22.0. The summed E-state index contributed by atoms with van der Waals surface area (Å²) in [7, 11) is 1.65. The number of methoxy groups -OCH3 is 1. The Hall–Kier alpha value is -3.25. The van der Waals surface area contributed by atoms with Crippen molar-refractivity contribution < 1.29 is 9.47 Å². The quantitative estimate of drug-likeness (QED) is 0.527. The number of nitrogens with one attached hydrogen (secondary N) is 1. The van der Waals surface area contributed by atoms with Gasteiger partial charge < -0.3 is 15.2 Å². The molecule has 1 aliphatic rings. The maximum atomic E-state index is 9.91. The molecular weight excluding hydrogens is 472 g/mol. The highest BCUT2D eigenvalue weighted by Crippen LogP contribution is 2.44. The zero-order valence-electron chi connectivity index (χ0n) is 18.5. The number of hydrogen-bond acceptors (Lipinski definition) is 6. The number of nitrogens with zero attached hydrogens (tertiary/aromatic N) is 4. The van der Waals surface area contributed by atoms with Crippen molar-refractivity contribution in [2.45, 2.75) is 46.1 Å². The molecule has 166 valence electrons. The van der Waals surface area contributed by atoms with Crippen molar-refractivity contribution in [1.82, 2.24) is 20.0 Å². The number of ether oxygens (including phenoxy) is 2. The van der Waals surface area contributed by atoms with E-state index in [-0.39, 0.29) is 11.8 Å². The van der Waals surface area contributed by atoms with Gasteiger partial charge in [0.05, 0.1) is 35.4 Å². The van der Waals surface area contributed by atoms with Crippen molar-refractivity contribution in [2.24, 2.45) is 5.73 Å². The van der Waals surface area contributed by atoms with E-state index >= 15 is 0 Å². The highest BCUT2D eigenvalue weighted by Gasteiger charge is 2.35. The average molecular weight is 497 g/mol. The first-order valence-electron chi connectivity index (χ1n) is 10.4. The second kappa shape index (κ2) is 8.71. The molecule has 8 nitrogen and oxygen atoms in total. The summed E-state index contributed by atoms with van der Waals surface area (Å²) in [4.78, 5) is 0. The summed E-state index contributed by atoms with van der Waals surface area (Å²) in [5, 5.41) is 21.9. The summed E-state index contributed by atoms with van der Waals surface area (Å²) >= 11 is 3.59. The van der Waals surface area contributed by atoms with E-state index in [1.165, 1.54) is 0 Å². The standard InChI is InChI=1S/C23H25BrN6O2/c1-5-6-17-20-19(16(10-25)22(26)32-23(20)28-27-17)14-7-8-18(31-4)15(9-14)11-30-13(3)21(24)12(2)29-30/h7-9,19H,5-6,11,26H2,1-4H3,(H,27,28)/t19-/m1/s1. The lowest BCUT2D eigenvalue weighted by molar-refractivity contribution is 0.378. The van der Waals surface area contributed by atoms with Gasteiger partial charge in [-0.2, -0.15) is 10.4 Å². The van der Waals surface area contributed by atoms with Gasteiger partial charge >= 0.3 is 0 Å². The van der Waals surface area contributed by atoms with Crippen LogP contribution in [-0.4, -0.2) is 27.1 Å². The van der Waals surface area contributed by atoms with Crippen LogP contribution in [0.15, 0.2) is 34.1 Å². The molecule has 0 saturated carbocycles. The number of halogens is 1. The van der Waals surface area contributed by atoms with Gasteiger partial charge in [0, 0.05) is 16.8 Å². The normalized spacial score (nSPS) is 15.3. The highest BCUT2D eigenvalue weighted by molar-refractivity contribution is 9.10. The monoisotopic (exact) mass is 496 g/mol. The van der Waals surface area contributed by atoms with Crippen molar-refractivity contribution in [1.29, 1.82) is 5.26 Å². The van der Waals surface area contributed by atoms with Gasteiger partial charge in [-0.3, -0.25) is 9.78 Å². The number of aryl methyl sites for hydroxylation is 2. The predicted molar refractivity (Wildman–Crippen MR) is 123 cm³/mol. The van der Waals surface area contributed by atoms with E-state index in [0.29, 0.717) is 18.0 Å². The second-order valence-corrected chi connectivity index (χ2v) is 8.60. The number of fused-ring (bicyclic) bond motifs is 1. The molecule has 0 saturated heterocycles. The lowest BCUT2D eigenvalue weighted by atomic mass is 9.83. The maximum Gasteiger partial charge on any atom is 0.244 e. The van der Waals surface area contributed by atoms with E-state index in [9.17, 15) is 5.26 Å². The van der Waals surface area contributed by atoms with Crippen LogP contribution in [0.25, 0.3) is 0 Å². The van der Waals surface area contributed by atoms with Gasteiger partial charge in [-0.25, -0.2) is 0 Å². The van der Waals surface area contributed by atoms with Crippen LogP contribution in [0.4, 0.5) is 0 Å². The summed E-state index contributed by atoms with van der Waals surface area (Å²) in [5.74, 6) is 0.885. The Balaban J connectivity index is 1.84. The fourth-order valence-corrected chi connectivity index (χ4v) is 4.46. The number of aromatic nitrogens is 4. The van der Waals surface area contributed by atoms with Crippen LogP contribution in [0, 0.1) is 25.2 Å². The lowest BCUT2D eigenvalue weighted by Crippen LogP contribution is -2.21. The summed E-state index contributed by atoms with van der Waals surface area (Å²) in [6.45, 7) is 6.61. The first-order valence-corrected chi connectivity index (χ1v) is 11.2. The van der Waals surface area contributed by atoms with Gasteiger partial charge in [-0.15, -0.1) is 5.10 Å². The number of aromatic amines is 1. The SMILES string of the molecule is CCCc1[nH]nc2c1[C@H](c1ccc(OC)c(Cn3nc(C)c(Br)c3C)c1)C(C#N)=C(N)O2. The van der Waals surface area contributed by atoms with Crippen LogP contribution in [0.1, 0.15) is 53.0 Å². The largest absolute Gasteiger partial charge is 0.496 e. The third-order valence-corrected chi connectivity index (χ3v) is 6.92. The zero-order valence-corrected chi connectivity index (χ0v) is 20.1. The van der Waals surface area contributed by atoms with Crippen LogP contribution in [-0.2, 0) is 13.0 Å². The summed E-state index contributed by atoms with van der Waals surface area (Å²) in [5.41, 5.74) is 12.1. The van der Waals surface area contributed by atoms with Crippen molar-refractivity contribution in [3.63, 3.8) is 0 Å². The number of H-pyrrole nitrogens is 1. The molecule has 4 rings (SSSR count). The number of nitrogens with two attached hydrogens (primary N) is 1. The Morgan fingerprint density at radius 1 is 1.38 bits per heavy atom. The minimum absolute atomic E-state index is 0.0828. The third-order valence-electron chi connectivity index (χ3n) is 5.77. The molecule has 0 unspecified atom stereocenters. The van der Waals surface area contributed by atoms with Crippen LogP contribution in [0.3, 0.4) is 0 Å². The molecule has 0 aliphatic carbocycles. The molecule has 0 radical (unpaired) electrons. The van der Waals surface area contributed by atoms with E-state index in [1.54, 1.807) is 7.11 Å². The molecule has 9 heteroatoms. The Bertz CT molecular complexity index is 1250. The number of benzene rings is 1. The molecule has 32 heavy (non-hydrogen) atoms. The number of hydrogen-bond donors (Lipinski definition) is 2. The summed E-state index contributed by atoms with van der Waals surface area (Å²) in [6.07, 6.45) is 1.73. The predicted octanol–water partition coefficient (Wildman–Crippen LogP) is 4.21. The fraction of sp³-hybridized carbons (Fsp3) is 0.348. The van der Waals surface area contributed by atoms with E-state index < -0.39 is 0 Å². The molecule has 1 aliphatic heterocycles. The molecule has 3 N–H and O–H groups in total. The van der Waals surface area contributed by atoms with Crippen molar-refractivity contribution in [3.05, 3.63) is 67.9 Å². The number of allylic oxidation sites excluding steroid dienone is 1. The topological polar surface area (TPSA) is 115 Å². The van der Waals surface area contributed by atoms with Gasteiger partial charge in [-0.1, -0.05) is 19.4 Å². The molecule has 3 aromatic rings. The minimum atomic E-state index is -0.374. The van der Waals surface area contributed by atoms with Crippen LogP contribution in [0.5, 0.6) is 11.6 Å². The molecule has 3 heterocycles. The van der Waals surface area contributed by atoms with E-state index in [1.807, 2.05) is 30.7 Å². The third kappa shape index (κ3) is 3.65.